The van der Waals surface area contributed by atoms with Crippen molar-refractivity contribution in [1.82, 2.24) is 9.97 Å². The van der Waals surface area contributed by atoms with Crippen LogP contribution in [0, 0.1) is 5.82 Å². The van der Waals surface area contributed by atoms with Crippen LogP contribution in [0.2, 0.25) is 5.02 Å². The molecule has 88 valence electrons. The number of aromatic amines is 1. The first kappa shape index (κ1) is 11.8. The number of rotatable bonds is 2. The van der Waals surface area contributed by atoms with Crippen molar-refractivity contribution in [2.45, 2.75) is 13.3 Å². The summed E-state index contributed by atoms with van der Waals surface area (Å²) >= 11 is 5.71. The molecule has 0 aliphatic rings. The molecule has 0 bridgehead atoms. The van der Waals surface area contributed by atoms with E-state index in [9.17, 15) is 9.18 Å². The zero-order chi connectivity index (χ0) is 12.4. The lowest BCUT2D eigenvalue weighted by Crippen LogP contribution is -2.14. The van der Waals surface area contributed by atoms with Crippen LogP contribution in [0.5, 0.6) is 0 Å². The lowest BCUT2D eigenvalue weighted by Gasteiger charge is -2.06. The molecule has 0 fully saturated rings. The largest absolute Gasteiger partial charge is 0.313 e. The molecule has 0 aliphatic carbocycles. The Kier molecular flexibility index (Phi) is 3.24. The summed E-state index contributed by atoms with van der Waals surface area (Å²) in [5.41, 5.74) is 1.56. The molecule has 2 aromatic rings. The van der Waals surface area contributed by atoms with Gasteiger partial charge in [-0.05, 0) is 24.6 Å². The van der Waals surface area contributed by atoms with Gasteiger partial charge >= 0.3 is 0 Å². The zero-order valence-electron chi connectivity index (χ0n) is 9.13. The fourth-order valence-corrected chi connectivity index (χ4v) is 1.83. The molecule has 2 rings (SSSR count). The highest BCUT2D eigenvalue weighted by Crippen LogP contribution is 2.24. The van der Waals surface area contributed by atoms with Gasteiger partial charge in [0.25, 0.3) is 5.56 Å². The van der Waals surface area contributed by atoms with Crippen molar-refractivity contribution >= 4 is 11.6 Å². The summed E-state index contributed by atoms with van der Waals surface area (Å²) in [4.78, 5) is 18.2. The van der Waals surface area contributed by atoms with Crippen LogP contribution in [-0.4, -0.2) is 9.97 Å². The molecule has 1 heterocycles. The molecule has 0 aliphatic heterocycles. The molecule has 0 radical (unpaired) electrons. The van der Waals surface area contributed by atoms with E-state index in [1.165, 1.54) is 18.5 Å². The monoisotopic (exact) mass is 252 g/mol. The second kappa shape index (κ2) is 4.67. The van der Waals surface area contributed by atoms with Crippen LogP contribution in [-0.2, 0) is 6.42 Å². The normalized spacial score (nSPS) is 10.5. The molecule has 1 aromatic carbocycles. The first-order valence-electron chi connectivity index (χ1n) is 5.15. The van der Waals surface area contributed by atoms with Gasteiger partial charge in [-0.3, -0.25) is 4.79 Å². The number of nitrogens with one attached hydrogen (secondary N) is 1. The zero-order valence-corrected chi connectivity index (χ0v) is 9.88. The molecule has 3 nitrogen and oxygen atoms in total. The van der Waals surface area contributed by atoms with Crippen molar-refractivity contribution in [2.75, 3.05) is 0 Å². The number of hydrogen-bond acceptors (Lipinski definition) is 2. The van der Waals surface area contributed by atoms with Gasteiger partial charge in [-0.15, -0.1) is 0 Å². The molecule has 0 saturated carbocycles. The predicted octanol–water partition coefficient (Wildman–Crippen LogP) is 2.79. The molecule has 5 heteroatoms. The van der Waals surface area contributed by atoms with E-state index in [-0.39, 0.29) is 10.6 Å². The van der Waals surface area contributed by atoms with E-state index in [4.69, 9.17) is 11.6 Å². The standard InChI is InChI=1S/C12H10ClFN2O/c1-2-8-11(15-6-16-12(8)17)7-3-4-10(14)9(13)5-7/h3-6H,2H2,1H3,(H,15,16,17). The molecular weight excluding hydrogens is 243 g/mol. The minimum Gasteiger partial charge on any atom is -0.313 e. The van der Waals surface area contributed by atoms with Crippen LogP contribution in [0.1, 0.15) is 12.5 Å². The Morgan fingerprint density at radius 1 is 1.47 bits per heavy atom. The molecule has 0 atom stereocenters. The Hall–Kier alpha value is -1.68. The van der Waals surface area contributed by atoms with E-state index < -0.39 is 5.82 Å². The maximum absolute atomic E-state index is 13.1. The number of aromatic nitrogens is 2. The van der Waals surface area contributed by atoms with E-state index >= 15 is 0 Å². The highest BCUT2D eigenvalue weighted by molar-refractivity contribution is 6.31. The van der Waals surface area contributed by atoms with Gasteiger partial charge < -0.3 is 4.98 Å². The van der Waals surface area contributed by atoms with Gasteiger partial charge in [0.05, 0.1) is 17.0 Å². The highest BCUT2D eigenvalue weighted by atomic mass is 35.5. The summed E-state index contributed by atoms with van der Waals surface area (Å²) in [5, 5.41) is 0.0200. The van der Waals surface area contributed by atoms with Crippen LogP contribution in [0.3, 0.4) is 0 Å². The number of halogens is 2. The second-order valence-corrected chi connectivity index (χ2v) is 3.95. The van der Waals surface area contributed by atoms with E-state index in [0.29, 0.717) is 23.2 Å². The predicted molar refractivity (Wildman–Crippen MR) is 64.6 cm³/mol. The average molecular weight is 253 g/mol. The van der Waals surface area contributed by atoms with Crippen LogP contribution < -0.4 is 5.56 Å². The topological polar surface area (TPSA) is 45.8 Å². The lowest BCUT2D eigenvalue weighted by atomic mass is 10.1. The van der Waals surface area contributed by atoms with Gasteiger partial charge in [0, 0.05) is 11.1 Å². The molecule has 0 saturated heterocycles. The maximum Gasteiger partial charge on any atom is 0.254 e. The van der Waals surface area contributed by atoms with Crippen molar-refractivity contribution in [3.8, 4) is 11.3 Å². The third-order valence-electron chi connectivity index (χ3n) is 2.50. The van der Waals surface area contributed by atoms with Crippen molar-refractivity contribution in [2.24, 2.45) is 0 Å². The molecule has 0 amide bonds. The summed E-state index contributed by atoms with van der Waals surface area (Å²) in [6.07, 6.45) is 1.88. The van der Waals surface area contributed by atoms with Crippen LogP contribution in [0.4, 0.5) is 4.39 Å². The van der Waals surface area contributed by atoms with Gasteiger partial charge in [0.1, 0.15) is 5.82 Å². The van der Waals surface area contributed by atoms with Gasteiger partial charge in [0.15, 0.2) is 0 Å². The van der Waals surface area contributed by atoms with E-state index in [2.05, 4.69) is 9.97 Å². The molecular formula is C12H10ClFN2O. The smallest absolute Gasteiger partial charge is 0.254 e. The molecule has 17 heavy (non-hydrogen) atoms. The van der Waals surface area contributed by atoms with Gasteiger partial charge in [0.2, 0.25) is 0 Å². The summed E-state index contributed by atoms with van der Waals surface area (Å²) < 4.78 is 13.1. The molecule has 0 unspecified atom stereocenters. The third-order valence-corrected chi connectivity index (χ3v) is 2.79. The van der Waals surface area contributed by atoms with Crippen molar-refractivity contribution in [1.29, 1.82) is 0 Å². The maximum atomic E-state index is 13.1. The van der Waals surface area contributed by atoms with Gasteiger partial charge in [-0.25, -0.2) is 9.37 Å². The quantitative estimate of drug-likeness (QED) is 0.893. The number of H-pyrrole nitrogens is 1. The SMILES string of the molecule is CCc1c(-c2ccc(F)c(Cl)c2)nc[nH]c1=O. The highest BCUT2D eigenvalue weighted by Gasteiger charge is 2.10. The van der Waals surface area contributed by atoms with Crippen molar-refractivity contribution < 1.29 is 4.39 Å². The molecule has 1 N–H and O–H groups in total. The number of benzene rings is 1. The Morgan fingerprint density at radius 2 is 2.24 bits per heavy atom. The van der Waals surface area contributed by atoms with Gasteiger partial charge in [-0.1, -0.05) is 18.5 Å². The first-order chi connectivity index (χ1) is 8.13. The summed E-state index contributed by atoms with van der Waals surface area (Å²) in [6.45, 7) is 1.86. The van der Waals surface area contributed by atoms with Crippen LogP contribution in [0.25, 0.3) is 11.3 Å². The van der Waals surface area contributed by atoms with E-state index in [1.807, 2.05) is 6.92 Å². The minimum absolute atomic E-state index is 0.0200. The summed E-state index contributed by atoms with van der Waals surface area (Å²) in [5.74, 6) is -0.488. The molecule has 0 spiro atoms. The molecule has 1 aromatic heterocycles. The number of hydrogen-bond donors (Lipinski definition) is 1. The lowest BCUT2D eigenvalue weighted by molar-refractivity contribution is 0.628. The Labute approximate surface area is 102 Å². The van der Waals surface area contributed by atoms with Crippen molar-refractivity contribution in [3.05, 3.63) is 51.3 Å². The Balaban J connectivity index is 2.64. The van der Waals surface area contributed by atoms with Gasteiger partial charge in [-0.2, -0.15) is 0 Å². The number of nitrogens with zero attached hydrogens (tertiary/aromatic N) is 1. The summed E-state index contributed by atoms with van der Waals surface area (Å²) in [6, 6.07) is 4.29. The first-order valence-corrected chi connectivity index (χ1v) is 5.53. The summed E-state index contributed by atoms with van der Waals surface area (Å²) in [7, 11) is 0. The third kappa shape index (κ3) is 2.22. The Morgan fingerprint density at radius 3 is 2.88 bits per heavy atom. The van der Waals surface area contributed by atoms with Crippen LogP contribution in [0.15, 0.2) is 29.3 Å². The fourth-order valence-electron chi connectivity index (χ4n) is 1.65. The van der Waals surface area contributed by atoms with Crippen molar-refractivity contribution in [3.63, 3.8) is 0 Å². The van der Waals surface area contributed by atoms with Crippen LogP contribution >= 0.6 is 11.6 Å². The average Bonchev–Trinajstić information content (AvgIpc) is 2.32. The second-order valence-electron chi connectivity index (χ2n) is 3.54. The van der Waals surface area contributed by atoms with E-state index in [0.717, 1.165) is 0 Å². The minimum atomic E-state index is -0.488. The fraction of sp³-hybridized carbons (Fsp3) is 0.167. The Bertz CT molecular complexity index is 610. The van der Waals surface area contributed by atoms with E-state index in [1.54, 1.807) is 6.07 Å².